The Labute approximate surface area is 168 Å². The molecule has 0 aliphatic carbocycles. The van der Waals surface area contributed by atoms with Crippen molar-refractivity contribution < 1.29 is 9.15 Å². The molecule has 0 atom stereocenters. The summed E-state index contributed by atoms with van der Waals surface area (Å²) in [5, 5.41) is 2.14. The second kappa shape index (κ2) is 7.10. The summed E-state index contributed by atoms with van der Waals surface area (Å²) in [5.41, 5.74) is 1.83. The van der Waals surface area contributed by atoms with Crippen molar-refractivity contribution in [2.45, 2.75) is 24.8 Å². The molecule has 0 aliphatic heterocycles. The number of nitrogens with zero attached hydrogens (tertiary/aromatic N) is 2. The van der Waals surface area contributed by atoms with Crippen molar-refractivity contribution >= 4 is 44.3 Å². The van der Waals surface area contributed by atoms with E-state index in [0.29, 0.717) is 27.6 Å². The van der Waals surface area contributed by atoms with Crippen LogP contribution in [0.3, 0.4) is 0 Å². The van der Waals surface area contributed by atoms with Crippen LogP contribution in [0.2, 0.25) is 0 Å². The molecule has 4 aromatic rings. The van der Waals surface area contributed by atoms with Gasteiger partial charge in [-0.25, -0.2) is 9.78 Å². The number of methoxy groups -OCH3 is 1. The van der Waals surface area contributed by atoms with Crippen molar-refractivity contribution in [3.8, 4) is 5.75 Å². The van der Waals surface area contributed by atoms with E-state index in [1.54, 1.807) is 24.8 Å². The zero-order valence-corrected chi connectivity index (χ0v) is 17.5. The average Bonchev–Trinajstić information content (AvgIpc) is 2.96. The number of hydrogen-bond donors (Lipinski definition) is 0. The van der Waals surface area contributed by atoms with Crippen molar-refractivity contribution in [1.29, 1.82) is 0 Å². The molecule has 0 saturated carbocycles. The third kappa shape index (κ3) is 3.12. The smallest absolute Gasteiger partial charge is 0.336 e. The molecule has 0 saturated heterocycles. The van der Waals surface area contributed by atoms with Gasteiger partial charge in [-0.05, 0) is 37.1 Å². The Morgan fingerprint density at radius 3 is 2.79 bits per heavy atom. The van der Waals surface area contributed by atoms with E-state index in [2.05, 4.69) is 4.98 Å². The lowest BCUT2D eigenvalue weighted by Gasteiger charge is -2.09. The van der Waals surface area contributed by atoms with E-state index in [4.69, 9.17) is 9.15 Å². The summed E-state index contributed by atoms with van der Waals surface area (Å²) in [5.74, 6) is 1.11. The van der Waals surface area contributed by atoms with Crippen LogP contribution in [-0.2, 0) is 12.8 Å². The maximum absolute atomic E-state index is 12.8. The molecule has 3 heterocycles. The number of ether oxygens (including phenoxy) is 1. The maximum atomic E-state index is 12.8. The van der Waals surface area contributed by atoms with E-state index in [1.165, 1.54) is 29.2 Å². The molecule has 0 spiro atoms. The predicted octanol–water partition coefficient (Wildman–Crippen LogP) is 4.02. The van der Waals surface area contributed by atoms with Gasteiger partial charge < -0.3 is 9.15 Å². The minimum atomic E-state index is -0.418. The standard InChI is InChI=1S/C20H18N2O4S2/c1-10-11(2)28-18-17(10)19(24)22(3)20(21-18)27-9-12-7-16(23)26-15-8-13(25-4)5-6-14(12)15/h5-8H,9H2,1-4H3. The molecule has 0 radical (unpaired) electrons. The fourth-order valence-electron chi connectivity index (χ4n) is 3.08. The van der Waals surface area contributed by atoms with Gasteiger partial charge >= 0.3 is 5.63 Å². The number of rotatable bonds is 4. The fraction of sp³-hybridized carbons (Fsp3) is 0.250. The minimum Gasteiger partial charge on any atom is -0.497 e. The van der Waals surface area contributed by atoms with E-state index in [9.17, 15) is 9.59 Å². The van der Waals surface area contributed by atoms with E-state index in [1.807, 2.05) is 26.0 Å². The van der Waals surface area contributed by atoms with Crippen LogP contribution in [0.1, 0.15) is 16.0 Å². The highest BCUT2D eigenvalue weighted by Gasteiger charge is 2.16. The zero-order chi connectivity index (χ0) is 20.0. The molecular weight excluding hydrogens is 396 g/mol. The van der Waals surface area contributed by atoms with Crippen molar-refractivity contribution in [3.63, 3.8) is 0 Å². The van der Waals surface area contributed by atoms with Gasteiger partial charge in [0, 0.05) is 35.2 Å². The Balaban J connectivity index is 1.75. The van der Waals surface area contributed by atoms with Gasteiger partial charge in [0.05, 0.1) is 12.5 Å². The Morgan fingerprint density at radius 1 is 1.25 bits per heavy atom. The molecule has 0 amide bonds. The summed E-state index contributed by atoms with van der Waals surface area (Å²) in [7, 11) is 3.29. The van der Waals surface area contributed by atoms with Crippen LogP contribution in [0.25, 0.3) is 21.2 Å². The molecule has 0 bridgehead atoms. The van der Waals surface area contributed by atoms with Crippen LogP contribution >= 0.6 is 23.1 Å². The highest BCUT2D eigenvalue weighted by atomic mass is 32.2. The van der Waals surface area contributed by atoms with Gasteiger partial charge in [-0.1, -0.05) is 11.8 Å². The first kappa shape index (κ1) is 18.8. The summed E-state index contributed by atoms with van der Waals surface area (Å²) in [6.07, 6.45) is 0. The number of benzene rings is 1. The molecule has 4 rings (SSSR count). The molecule has 8 heteroatoms. The Hall–Kier alpha value is -2.58. The Morgan fingerprint density at radius 2 is 2.04 bits per heavy atom. The summed E-state index contributed by atoms with van der Waals surface area (Å²) < 4.78 is 12.1. The third-order valence-electron chi connectivity index (χ3n) is 4.76. The first-order chi connectivity index (χ1) is 13.4. The monoisotopic (exact) mass is 414 g/mol. The van der Waals surface area contributed by atoms with Crippen LogP contribution in [0.5, 0.6) is 5.75 Å². The van der Waals surface area contributed by atoms with Gasteiger partial charge in [-0.2, -0.15) is 0 Å². The van der Waals surface area contributed by atoms with Crippen molar-refractivity contribution in [2.24, 2.45) is 7.05 Å². The summed E-state index contributed by atoms with van der Waals surface area (Å²) in [6, 6.07) is 6.88. The third-order valence-corrected chi connectivity index (χ3v) is 6.94. The Bertz CT molecular complexity index is 1330. The lowest BCUT2D eigenvalue weighted by Crippen LogP contribution is -2.19. The van der Waals surface area contributed by atoms with E-state index in [0.717, 1.165) is 26.2 Å². The molecule has 0 N–H and O–H groups in total. The number of aromatic nitrogens is 2. The van der Waals surface area contributed by atoms with Gasteiger partial charge in [0.25, 0.3) is 5.56 Å². The molecular formula is C20H18N2O4S2. The summed E-state index contributed by atoms with van der Waals surface area (Å²) >= 11 is 2.95. The van der Waals surface area contributed by atoms with Crippen LogP contribution < -0.4 is 15.9 Å². The summed E-state index contributed by atoms with van der Waals surface area (Å²) in [6.45, 7) is 3.95. The normalized spacial score (nSPS) is 11.4. The van der Waals surface area contributed by atoms with E-state index >= 15 is 0 Å². The molecule has 28 heavy (non-hydrogen) atoms. The number of hydrogen-bond acceptors (Lipinski definition) is 7. The number of aryl methyl sites for hydroxylation is 2. The van der Waals surface area contributed by atoms with Crippen molar-refractivity contribution in [1.82, 2.24) is 9.55 Å². The second-order valence-corrected chi connectivity index (χ2v) is 8.61. The predicted molar refractivity (Wildman–Crippen MR) is 113 cm³/mol. The molecule has 0 fully saturated rings. The Kier molecular flexibility index (Phi) is 4.76. The minimum absolute atomic E-state index is 0.0449. The topological polar surface area (TPSA) is 74.3 Å². The average molecular weight is 415 g/mol. The maximum Gasteiger partial charge on any atom is 0.336 e. The fourth-order valence-corrected chi connectivity index (χ4v) is 5.12. The van der Waals surface area contributed by atoms with Crippen LogP contribution in [-0.4, -0.2) is 16.7 Å². The van der Waals surface area contributed by atoms with E-state index in [-0.39, 0.29) is 5.56 Å². The van der Waals surface area contributed by atoms with Crippen molar-refractivity contribution in [3.05, 3.63) is 61.0 Å². The molecule has 144 valence electrons. The first-order valence-electron chi connectivity index (χ1n) is 8.59. The quantitative estimate of drug-likeness (QED) is 0.285. The number of thioether (sulfide) groups is 1. The van der Waals surface area contributed by atoms with Gasteiger partial charge in [0.2, 0.25) is 0 Å². The van der Waals surface area contributed by atoms with Crippen LogP contribution in [0.4, 0.5) is 0 Å². The van der Waals surface area contributed by atoms with Gasteiger partial charge in [-0.3, -0.25) is 9.36 Å². The summed E-state index contributed by atoms with van der Waals surface area (Å²) in [4.78, 5) is 31.3. The molecule has 3 aromatic heterocycles. The second-order valence-electron chi connectivity index (χ2n) is 6.46. The molecule has 0 unspecified atom stereocenters. The van der Waals surface area contributed by atoms with Gasteiger partial charge in [-0.15, -0.1) is 11.3 Å². The number of thiophene rings is 1. The largest absolute Gasteiger partial charge is 0.497 e. The lowest BCUT2D eigenvalue weighted by molar-refractivity contribution is 0.414. The molecule has 0 aliphatic rings. The van der Waals surface area contributed by atoms with Crippen molar-refractivity contribution in [2.75, 3.05) is 7.11 Å². The zero-order valence-electron chi connectivity index (χ0n) is 15.9. The highest BCUT2D eigenvalue weighted by Crippen LogP contribution is 2.30. The SMILES string of the molecule is COc1ccc2c(CSc3nc4sc(C)c(C)c4c(=O)n3C)cc(=O)oc2c1. The van der Waals surface area contributed by atoms with Crippen LogP contribution in [0, 0.1) is 13.8 Å². The van der Waals surface area contributed by atoms with Crippen LogP contribution in [0.15, 0.2) is 43.4 Å². The van der Waals surface area contributed by atoms with E-state index < -0.39 is 5.63 Å². The van der Waals surface area contributed by atoms with Gasteiger partial charge in [0.15, 0.2) is 5.16 Å². The number of fused-ring (bicyclic) bond motifs is 2. The lowest BCUT2D eigenvalue weighted by atomic mass is 10.1. The highest BCUT2D eigenvalue weighted by molar-refractivity contribution is 7.98. The molecule has 1 aromatic carbocycles. The molecule has 6 nitrogen and oxygen atoms in total. The first-order valence-corrected chi connectivity index (χ1v) is 10.4. The van der Waals surface area contributed by atoms with Gasteiger partial charge in [0.1, 0.15) is 16.2 Å².